The van der Waals surface area contributed by atoms with Crippen molar-refractivity contribution >= 4 is 15.9 Å². The molecule has 11 heteroatoms. The van der Waals surface area contributed by atoms with E-state index in [-0.39, 0.29) is 26.2 Å². The summed E-state index contributed by atoms with van der Waals surface area (Å²) >= 11 is 0. The number of alkyl halides is 3. The van der Waals surface area contributed by atoms with Crippen molar-refractivity contribution in [3.63, 3.8) is 0 Å². The predicted octanol–water partition coefficient (Wildman–Crippen LogP) is -0.0291. The summed E-state index contributed by atoms with van der Waals surface area (Å²) in [5.74, 6) is -0.537. The smallest absolute Gasteiger partial charge is 0.339 e. The van der Waals surface area contributed by atoms with Crippen LogP contribution in [-0.4, -0.2) is 60.5 Å². The first-order chi connectivity index (χ1) is 11.0. The normalized spacial score (nSPS) is 17.1. The number of rotatable bonds is 3. The predicted molar refractivity (Wildman–Crippen MR) is 78.7 cm³/mol. The number of halogens is 3. The summed E-state index contributed by atoms with van der Waals surface area (Å²) in [6.07, 6.45) is -2.61. The quantitative estimate of drug-likeness (QED) is 0.752. The number of hydrogen-bond acceptors (Lipinski definition) is 4. The molecule has 0 aromatic carbocycles. The molecule has 0 radical (unpaired) electrons. The molecular weight excluding hydrogens is 351 g/mol. The zero-order chi connectivity index (χ0) is 18.1. The summed E-state index contributed by atoms with van der Waals surface area (Å²) in [7, 11) is -3.35. The summed E-state index contributed by atoms with van der Waals surface area (Å²) in [6, 6.07) is 1.72. The van der Waals surface area contributed by atoms with Gasteiger partial charge in [0.05, 0.1) is 6.26 Å². The monoisotopic (exact) mass is 367 g/mol. The van der Waals surface area contributed by atoms with E-state index in [0.29, 0.717) is 10.6 Å². The van der Waals surface area contributed by atoms with Crippen molar-refractivity contribution in [2.24, 2.45) is 0 Å². The van der Waals surface area contributed by atoms with Gasteiger partial charge < -0.3 is 9.47 Å². The SMILES string of the molecule is CS(=O)(=O)N1CCN(C(=O)Cn2cccc(C(F)(F)F)c2=O)CC1. The molecule has 0 unspecified atom stereocenters. The molecule has 1 saturated heterocycles. The number of carbonyl (C=O) groups is 1. The lowest BCUT2D eigenvalue weighted by Gasteiger charge is -2.33. The van der Waals surface area contributed by atoms with Crippen LogP contribution in [0.1, 0.15) is 5.56 Å². The minimum absolute atomic E-state index is 0.113. The van der Waals surface area contributed by atoms with Gasteiger partial charge in [-0.2, -0.15) is 17.5 Å². The molecule has 134 valence electrons. The van der Waals surface area contributed by atoms with Crippen LogP contribution < -0.4 is 5.56 Å². The first-order valence-electron chi connectivity index (χ1n) is 6.99. The molecule has 1 aliphatic heterocycles. The third-order valence-electron chi connectivity index (χ3n) is 3.69. The van der Waals surface area contributed by atoms with Gasteiger partial charge in [-0.3, -0.25) is 9.59 Å². The molecule has 7 nitrogen and oxygen atoms in total. The number of pyridine rings is 1. The summed E-state index contributed by atoms with van der Waals surface area (Å²) in [6.45, 7) is -0.0506. The van der Waals surface area contributed by atoms with E-state index in [9.17, 15) is 31.2 Å². The Hall–Kier alpha value is -1.88. The van der Waals surface area contributed by atoms with Crippen molar-refractivity contribution < 1.29 is 26.4 Å². The van der Waals surface area contributed by atoms with Crippen LogP contribution in [0.15, 0.2) is 23.1 Å². The molecule has 0 saturated carbocycles. The van der Waals surface area contributed by atoms with Gasteiger partial charge in [0, 0.05) is 32.4 Å². The average molecular weight is 367 g/mol. The van der Waals surface area contributed by atoms with Gasteiger partial charge in [-0.25, -0.2) is 8.42 Å². The largest absolute Gasteiger partial charge is 0.421 e. The highest BCUT2D eigenvalue weighted by molar-refractivity contribution is 7.88. The van der Waals surface area contributed by atoms with Crippen molar-refractivity contribution in [2.45, 2.75) is 12.7 Å². The Balaban J connectivity index is 2.08. The van der Waals surface area contributed by atoms with Crippen LogP contribution in [0.3, 0.4) is 0 Å². The van der Waals surface area contributed by atoms with Gasteiger partial charge in [0.2, 0.25) is 15.9 Å². The number of nitrogens with zero attached hydrogens (tertiary/aromatic N) is 3. The zero-order valence-electron chi connectivity index (χ0n) is 12.8. The summed E-state index contributed by atoms with van der Waals surface area (Å²) in [4.78, 5) is 25.3. The molecule has 1 aliphatic rings. The second kappa shape index (κ2) is 6.55. The minimum atomic E-state index is -4.79. The molecule has 0 N–H and O–H groups in total. The minimum Gasteiger partial charge on any atom is -0.339 e. The molecule has 24 heavy (non-hydrogen) atoms. The van der Waals surface area contributed by atoms with E-state index in [4.69, 9.17) is 0 Å². The van der Waals surface area contributed by atoms with E-state index in [1.807, 2.05) is 0 Å². The van der Waals surface area contributed by atoms with Crippen molar-refractivity contribution in [3.05, 3.63) is 34.2 Å². The standard InChI is InChI=1S/C13H16F3N3O4S/c1-24(22,23)19-7-5-17(6-8-19)11(20)9-18-4-2-3-10(12(18)21)13(14,15)16/h2-4H,5-9H2,1H3. The van der Waals surface area contributed by atoms with E-state index in [0.717, 1.165) is 18.5 Å². The number of piperazine rings is 1. The van der Waals surface area contributed by atoms with Crippen LogP contribution in [0.2, 0.25) is 0 Å². The van der Waals surface area contributed by atoms with Crippen molar-refractivity contribution in [2.75, 3.05) is 32.4 Å². The summed E-state index contributed by atoms with van der Waals surface area (Å²) in [5, 5.41) is 0. The van der Waals surface area contributed by atoms with Gasteiger partial charge in [-0.15, -0.1) is 0 Å². The Kier molecular flexibility index (Phi) is 5.04. The number of aromatic nitrogens is 1. The highest BCUT2D eigenvalue weighted by Gasteiger charge is 2.34. The van der Waals surface area contributed by atoms with E-state index < -0.39 is 39.8 Å². The fraction of sp³-hybridized carbons (Fsp3) is 0.538. The van der Waals surface area contributed by atoms with Gasteiger partial charge in [0.25, 0.3) is 5.56 Å². The molecule has 2 heterocycles. The lowest BCUT2D eigenvalue weighted by Crippen LogP contribution is -2.51. The number of carbonyl (C=O) groups excluding carboxylic acids is 1. The van der Waals surface area contributed by atoms with Crippen molar-refractivity contribution in [1.82, 2.24) is 13.8 Å². The lowest BCUT2D eigenvalue weighted by molar-refractivity contribution is -0.139. The second-order valence-corrected chi connectivity index (χ2v) is 7.38. The number of sulfonamides is 1. The Morgan fingerprint density at radius 1 is 1.21 bits per heavy atom. The summed E-state index contributed by atoms with van der Waals surface area (Å²) in [5.41, 5.74) is -2.62. The third kappa shape index (κ3) is 4.15. The molecule has 0 aliphatic carbocycles. The fourth-order valence-electron chi connectivity index (χ4n) is 2.39. The van der Waals surface area contributed by atoms with Crippen molar-refractivity contribution in [3.8, 4) is 0 Å². The zero-order valence-corrected chi connectivity index (χ0v) is 13.6. The first-order valence-corrected chi connectivity index (χ1v) is 8.84. The summed E-state index contributed by atoms with van der Waals surface area (Å²) < 4.78 is 62.8. The maximum absolute atomic E-state index is 12.7. The Morgan fingerprint density at radius 2 is 1.79 bits per heavy atom. The molecule has 1 aromatic rings. The Bertz CT molecular complexity index is 780. The molecule has 1 aromatic heterocycles. The van der Waals surface area contributed by atoms with E-state index in [2.05, 4.69) is 0 Å². The highest BCUT2D eigenvalue weighted by Crippen LogP contribution is 2.25. The number of hydrogen-bond donors (Lipinski definition) is 0. The van der Waals surface area contributed by atoms with Crippen LogP contribution in [0.5, 0.6) is 0 Å². The molecule has 1 fully saturated rings. The van der Waals surface area contributed by atoms with Gasteiger partial charge in [0.15, 0.2) is 0 Å². The highest BCUT2D eigenvalue weighted by atomic mass is 32.2. The average Bonchev–Trinajstić information content (AvgIpc) is 2.47. The topological polar surface area (TPSA) is 79.7 Å². The van der Waals surface area contributed by atoms with Gasteiger partial charge in [0.1, 0.15) is 12.1 Å². The molecular formula is C13H16F3N3O4S. The second-order valence-electron chi connectivity index (χ2n) is 5.40. The van der Waals surface area contributed by atoms with Crippen molar-refractivity contribution in [1.29, 1.82) is 0 Å². The Labute approximate surface area is 136 Å². The van der Waals surface area contributed by atoms with Crippen LogP contribution in [-0.2, 0) is 27.5 Å². The molecule has 2 rings (SSSR count). The fourth-order valence-corrected chi connectivity index (χ4v) is 3.22. The van der Waals surface area contributed by atoms with Gasteiger partial charge in [-0.05, 0) is 12.1 Å². The number of amides is 1. The van der Waals surface area contributed by atoms with Gasteiger partial charge >= 0.3 is 6.18 Å². The van der Waals surface area contributed by atoms with E-state index in [1.54, 1.807) is 0 Å². The van der Waals surface area contributed by atoms with E-state index >= 15 is 0 Å². The van der Waals surface area contributed by atoms with Crippen LogP contribution >= 0.6 is 0 Å². The molecule has 0 atom stereocenters. The van der Waals surface area contributed by atoms with Crippen LogP contribution in [0.25, 0.3) is 0 Å². The third-order valence-corrected chi connectivity index (χ3v) is 4.99. The molecule has 0 bridgehead atoms. The van der Waals surface area contributed by atoms with Crippen LogP contribution in [0.4, 0.5) is 13.2 Å². The maximum Gasteiger partial charge on any atom is 0.421 e. The lowest BCUT2D eigenvalue weighted by atomic mass is 10.2. The van der Waals surface area contributed by atoms with Crippen LogP contribution in [0, 0.1) is 0 Å². The van der Waals surface area contributed by atoms with E-state index in [1.165, 1.54) is 9.21 Å². The van der Waals surface area contributed by atoms with Gasteiger partial charge in [-0.1, -0.05) is 0 Å². The Morgan fingerprint density at radius 3 is 2.29 bits per heavy atom. The maximum atomic E-state index is 12.7. The molecule has 0 spiro atoms. The first kappa shape index (κ1) is 18.5. The molecule has 1 amide bonds.